The molecule has 0 saturated carbocycles. The van der Waals surface area contributed by atoms with Gasteiger partial charge in [-0.15, -0.1) is 0 Å². The van der Waals surface area contributed by atoms with Crippen LogP contribution in [-0.2, 0) is 6.42 Å². The lowest BCUT2D eigenvalue weighted by molar-refractivity contribution is 0.0351. The number of amides is 1. The van der Waals surface area contributed by atoms with E-state index in [0.29, 0.717) is 18.7 Å². The van der Waals surface area contributed by atoms with Crippen LogP contribution in [0.2, 0.25) is 0 Å². The van der Waals surface area contributed by atoms with Crippen molar-refractivity contribution in [3.05, 3.63) is 23.8 Å². The van der Waals surface area contributed by atoms with Gasteiger partial charge in [0.05, 0.1) is 16.9 Å². The van der Waals surface area contributed by atoms with E-state index in [0.717, 1.165) is 18.5 Å². The van der Waals surface area contributed by atoms with Crippen LogP contribution >= 0.6 is 0 Å². The number of aliphatic hydroxyl groups is 1. The van der Waals surface area contributed by atoms with E-state index < -0.39 is 5.60 Å². The van der Waals surface area contributed by atoms with Crippen LogP contribution in [0.4, 0.5) is 0 Å². The van der Waals surface area contributed by atoms with Crippen molar-refractivity contribution in [3.8, 4) is 0 Å². The highest BCUT2D eigenvalue weighted by Crippen LogP contribution is 2.28. The van der Waals surface area contributed by atoms with E-state index in [1.807, 2.05) is 6.92 Å². The number of aromatic nitrogens is 2. The Hall–Kier alpha value is -1.49. The molecular weight excluding hydrogens is 242 g/mol. The zero-order valence-electron chi connectivity index (χ0n) is 11.8. The first-order chi connectivity index (χ1) is 8.95. The lowest BCUT2D eigenvalue weighted by Gasteiger charge is -2.21. The van der Waals surface area contributed by atoms with Crippen LogP contribution in [0.5, 0.6) is 0 Å². The summed E-state index contributed by atoms with van der Waals surface area (Å²) in [5, 5.41) is 10.2. The molecule has 5 nitrogen and oxygen atoms in total. The molecule has 0 bridgehead atoms. The Morgan fingerprint density at radius 1 is 1.63 bits per heavy atom. The fraction of sp³-hybridized carbons (Fsp3) is 0.643. The zero-order valence-corrected chi connectivity index (χ0v) is 11.8. The minimum atomic E-state index is -0.809. The Bertz CT molecular complexity index is 474. The minimum Gasteiger partial charge on any atom is -0.388 e. The minimum absolute atomic E-state index is 0.0753. The second-order valence-corrected chi connectivity index (χ2v) is 5.58. The number of aryl methyl sites for hydroxylation is 1. The maximum absolute atomic E-state index is 12.5. The van der Waals surface area contributed by atoms with Gasteiger partial charge in [0.1, 0.15) is 6.33 Å². The molecule has 0 radical (unpaired) electrons. The fourth-order valence-corrected chi connectivity index (χ4v) is 2.43. The van der Waals surface area contributed by atoms with Gasteiger partial charge in [-0.25, -0.2) is 9.97 Å². The van der Waals surface area contributed by atoms with Gasteiger partial charge in [0.2, 0.25) is 0 Å². The quantitative estimate of drug-likeness (QED) is 0.892. The normalized spacial score (nSPS) is 26.7. The Kier molecular flexibility index (Phi) is 3.85. The Balaban J connectivity index is 2.21. The van der Waals surface area contributed by atoms with Crippen molar-refractivity contribution in [2.24, 2.45) is 5.92 Å². The molecule has 0 aliphatic carbocycles. The predicted molar refractivity (Wildman–Crippen MR) is 71.7 cm³/mol. The molecule has 1 aliphatic heterocycles. The summed E-state index contributed by atoms with van der Waals surface area (Å²) in [4.78, 5) is 22.4. The summed E-state index contributed by atoms with van der Waals surface area (Å²) in [5.41, 5.74) is 0.548. The van der Waals surface area contributed by atoms with Crippen molar-refractivity contribution >= 4 is 5.91 Å². The molecule has 1 saturated heterocycles. The SMILES string of the molecule is CCCc1ncncc1C(=O)N1C[C@@H](C)[C@@](C)(O)C1. The predicted octanol–water partition coefficient (Wildman–Crippen LogP) is 1.27. The second-order valence-electron chi connectivity index (χ2n) is 5.58. The Morgan fingerprint density at radius 3 is 2.95 bits per heavy atom. The second kappa shape index (κ2) is 5.25. The highest BCUT2D eigenvalue weighted by Gasteiger charge is 2.41. The van der Waals surface area contributed by atoms with E-state index in [2.05, 4.69) is 16.9 Å². The molecular formula is C14H21N3O2. The molecule has 0 aromatic carbocycles. The molecule has 1 amide bonds. The summed E-state index contributed by atoms with van der Waals surface area (Å²) in [6.07, 6.45) is 4.76. The first-order valence-corrected chi connectivity index (χ1v) is 6.76. The number of hydrogen-bond donors (Lipinski definition) is 1. The van der Waals surface area contributed by atoms with Crippen LogP contribution in [0.1, 0.15) is 43.2 Å². The molecule has 1 N–H and O–H groups in total. The monoisotopic (exact) mass is 263 g/mol. The smallest absolute Gasteiger partial charge is 0.257 e. The third-order valence-corrected chi connectivity index (χ3v) is 3.87. The molecule has 2 atom stereocenters. The largest absolute Gasteiger partial charge is 0.388 e. The molecule has 0 unspecified atom stereocenters. The zero-order chi connectivity index (χ0) is 14.0. The van der Waals surface area contributed by atoms with Gasteiger partial charge >= 0.3 is 0 Å². The summed E-state index contributed by atoms with van der Waals surface area (Å²) in [6, 6.07) is 0. The molecule has 1 aromatic heterocycles. The van der Waals surface area contributed by atoms with Crippen LogP contribution in [-0.4, -0.2) is 44.6 Å². The maximum atomic E-state index is 12.5. The summed E-state index contributed by atoms with van der Waals surface area (Å²) in [5.74, 6) is 0.00406. The van der Waals surface area contributed by atoms with Gasteiger partial charge in [-0.3, -0.25) is 4.79 Å². The summed E-state index contributed by atoms with van der Waals surface area (Å²) >= 11 is 0. The molecule has 1 aromatic rings. The van der Waals surface area contributed by atoms with Gasteiger partial charge in [-0.05, 0) is 13.3 Å². The van der Waals surface area contributed by atoms with E-state index in [1.54, 1.807) is 18.0 Å². The molecule has 0 spiro atoms. The van der Waals surface area contributed by atoms with E-state index in [9.17, 15) is 9.90 Å². The number of β-amino-alcohol motifs (C(OH)–C–C–N with tert-alkyl or cyclic N) is 1. The summed E-state index contributed by atoms with van der Waals surface area (Å²) in [6.45, 7) is 6.74. The topological polar surface area (TPSA) is 66.3 Å². The average molecular weight is 263 g/mol. The van der Waals surface area contributed by atoms with E-state index in [4.69, 9.17) is 0 Å². The van der Waals surface area contributed by atoms with E-state index in [1.165, 1.54) is 6.33 Å². The van der Waals surface area contributed by atoms with Gasteiger partial charge in [-0.2, -0.15) is 0 Å². The van der Waals surface area contributed by atoms with Crippen LogP contribution in [0, 0.1) is 5.92 Å². The van der Waals surface area contributed by atoms with Crippen LogP contribution in [0.15, 0.2) is 12.5 Å². The standard InChI is InChI=1S/C14H21N3O2/c1-4-5-12-11(6-15-9-16-12)13(18)17-7-10(2)14(3,19)8-17/h6,9-10,19H,4-5,7-8H2,1-3H3/t10-,14+/m1/s1. The van der Waals surface area contributed by atoms with Gasteiger partial charge in [0, 0.05) is 25.2 Å². The lowest BCUT2D eigenvalue weighted by Crippen LogP contribution is -2.35. The lowest BCUT2D eigenvalue weighted by atomic mass is 9.95. The molecule has 2 heterocycles. The van der Waals surface area contributed by atoms with Gasteiger partial charge in [0.15, 0.2) is 0 Å². The van der Waals surface area contributed by atoms with Crippen molar-refractivity contribution in [2.45, 2.75) is 39.2 Å². The molecule has 1 fully saturated rings. The van der Waals surface area contributed by atoms with E-state index >= 15 is 0 Å². The molecule has 2 rings (SSSR count). The van der Waals surface area contributed by atoms with Crippen molar-refractivity contribution in [2.75, 3.05) is 13.1 Å². The number of carbonyl (C=O) groups excluding carboxylic acids is 1. The highest BCUT2D eigenvalue weighted by atomic mass is 16.3. The molecule has 1 aliphatic rings. The van der Waals surface area contributed by atoms with Crippen molar-refractivity contribution in [1.29, 1.82) is 0 Å². The van der Waals surface area contributed by atoms with Gasteiger partial charge < -0.3 is 10.0 Å². The number of rotatable bonds is 3. The average Bonchev–Trinajstić information content (AvgIpc) is 2.64. The highest BCUT2D eigenvalue weighted by molar-refractivity contribution is 5.95. The third-order valence-electron chi connectivity index (χ3n) is 3.87. The Morgan fingerprint density at radius 2 is 2.37 bits per heavy atom. The summed E-state index contributed by atoms with van der Waals surface area (Å²) < 4.78 is 0. The van der Waals surface area contributed by atoms with Crippen LogP contribution < -0.4 is 0 Å². The van der Waals surface area contributed by atoms with Crippen molar-refractivity contribution in [3.63, 3.8) is 0 Å². The maximum Gasteiger partial charge on any atom is 0.257 e. The first-order valence-electron chi connectivity index (χ1n) is 6.76. The van der Waals surface area contributed by atoms with Crippen LogP contribution in [0.3, 0.4) is 0 Å². The molecule has 5 heteroatoms. The summed E-state index contributed by atoms with van der Waals surface area (Å²) in [7, 11) is 0. The Labute approximate surface area is 113 Å². The molecule has 19 heavy (non-hydrogen) atoms. The van der Waals surface area contributed by atoms with Crippen molar-refractivity contribution in [1.82, 2.24) is 14.9 Å². The fourth-order valence-electron chi connectivity index (χ4n) is 2.43. The van der Waals surface area contributed by atoms with Gasteiger partial charge in [-0.1, -0.05) is 20.3 Å². The van der Waals surface area contributed by atoms with E-state index in [-0.39, 0.29) is 11.8 Å². The van der Waals surface area contributed by atoms with Crippen LogP contribution in [0.25, 0.3) is 0 Å². The number of carbonyl (C=O) groups is 1. The number of likely N-dealkylation sites (tertiary alicyclic amines) is 1. The third kappa shape index (κ3) is 2.76. The number of nitrogens with zero attached hydrogens (tertiary/aromatic N) is 3. The molecule has 104 valence electrons. The van der Waals surface area contributed by atoms with Gasteiger partial charge in [0.25, 0.3) is 5.91 Å². The number of hydrogen-bond acceptors (Lipinski definition) is 4. The first kappa shape index (κ1) is 13.9. The van der Waals surface area contributed by atoms with Crippen molar-refractivity contribution < 1.29 is 9.90 Å².